The Kier molecular flexibility index (Phi) is 3.89. The van der Waals surface area contributed by atoms with Crippen LogP contribution in [0, 0.1) is 0 Å². The van der Waals surface area contributed by atoms with E-state index in [1.54, 1.807) is 6.20 Å². The molecule has 1 aromatic carbocycles. The molecule has 0 spiro atoms. The van der Waals surface area contributed by atoms with E-state index in [0.29, 0.717) is 5.01 Å². The van der Waals surface area contributed by atoms with Gasteiger partial charge in [0.1, 0.15) is 11.1 Å². The van der Waals surface area contributed by atoms with Gasteiger partial charge in [0.2, 0.25) is 0 Å². The van der Waals surface area contributed by atoms with Crippen molar-refractivity contribution in [3.8, 4) is 0 Å². The minimum absolute atomic E-state index is 0.373. The van der Waals surface area contributed by atoms with Gasteiger partial charge in [0.25, 0.3) is 0 Å². The highest BCUT2D eigenvalue weighted by atomic mass is 32.1. The molecule has 0 amide bonds. The molecule has 0 bridgehead atoms. The second kappa shape index (κ2) is 5.46. The van der Waals surface area contributed by atoms with Crippen LogP contribution in [-0.2, 0) is 9.31 Å². The maximum atomic E-state index is 10.4. The molecule has 1 aliphatic rings. The summed E-state index contributed by atoms with van der Waals surface area (Å²) in [6.45, 7) is 8.12. The van der Waals surface area contributed by atoms with Crippen LogP contribution in [-0.4, -0.2) is 28.4 Å². The summed E-state index contributed by atoms with van der Waals surface area (Å²) in [5.41, 5.74) is 0.956. The highest BCUT2D eigenvalue weighted by Gasteiger charge is 2.51. The average molecular weight is 317 g/mol. The van der Waals surface area contributed by atoms with E-state index in [4.69, 9.17) is 9.31 Å². The van der Waals surface area contributed by atoms with Crippen LogP contribution in [0.1, 0.15) is 44.4 Å². The fourth-order valence-electron chi connectivity index (χ4n) is 2.37. The number of aliphatic hydroxyl groups is 1. The third-order valence-electron chi connectivity index (χ3n) is 4.44. The lowest BCUT2D eigenvalue weighted by molar-refractivity contribution is 0.00578. The average Bonchev–Trinajstić information content (AvgIpc) is 3.05. The number of rotatable bonds is 3. The van der Waals surface area contributed by atoms with Crippen molar-refractivity contribution in [2.75, 3.05) is 0 Å². The van der Waals surface area contributed by atoms with Crippen molar-refractivity contribution in [2.24, 2.45) is 0 Å². The molecule has 2 aromatic rings. The van der Waals surface area contributed by atoms with Crippen LogP contribution in [0.2, 0.25) is 0 Å². The van der Waals surface area contributed by atoms with Gasteiger partial charge in [-0.15, -0.1) is 11.3 Å². The van der Waals surface area contributed by atoms with Crippen molar-refractivity contribution in [1.82, 2.24) is 4.98 Å². The summed E-state index contributed by atoms with van der Waals surface area (Å²) in [5.74, 6) is 0. The van der Waals surface area contributed by atoms with Crippen LogP contribution < -0.4 is 5.46 Å². The Morgan fingerprint density at radius 3 is 2.45 bits per heavy atom. The highest BCUT2D eigenvalue weighted by molar-refractivity contribution is 7.09. The summed E-state index contributed by atoms with van der Waals surface area (Å²) in [6.07, 6.45) is 0.976. The highest BCUT2D eigenvalue weighted by Crippen LogP contribution is 2.36. The van der Waals surface area contributed by atoms with Crippen LogP contribution in [0.25, 0.3) is 0 Å². The van der Waals surface area contributed by atoms with Crippen molar-refractivity contribution in [3.05, 3.63) is 46.4 Å². The number of aromatic nitrogens is 1. The molecule has 1 fully saturated rings. The Morgan fingerprint density at radius 2 is 1.86 bits per heavy atom. The summed E-state index contributed by atoms with van der Waals surface area (Å²) < 4.78 is 12.1. The number of hydrogen-bond donors (Lipinski definition) is 1. The van der Waals surface area contributed by atoms with Gasteiger partial charge in [0.15, 0.2) is 0 Å². The van der Waals surface area contributed by atoms with Gasteiger partial charge in [0.05, 0.1) is 11.2 Å². The maximum Gasteiger partial charge on any atom is 0.494 e. The molecule has 4 nitrogen and oxygen atoms in total. The van der Waals surface area contributed by atoms with Crippen molar-refractivity contribution in [2.45, 2.75) is 45.0 Å². The van der Waals surface area contributed by atoms with E-state index in [9.17, 15) is 5.11 Å². The van der Waals surface area contributed by atoms with Gasteiger partial charge < -0.3 is 14.4 Å². The second-order valence-electron chi connectivity index (χ2n) is 6.53. The predicted molar refractivity (Wildman–Crippen MR) is 88.3 cm³/mol. The molecule has 116 valence electrons. The minimum atomic E-state index is -0.720. The zero-order valence-corrected chi connectivity index (χ0v) is 14.1. The van der Waals surface area contributed by atoms with Crippen LogP contribution >= 0.6 is 11.3 Å². The van der Waals surface area contributed by atoms with Gasteiger partial charge in [-0.05, 0) is 38.7 Å². The maximum absolute atomic E-state index is 10.4. The predicted octanol–water partition coefficient (Wildman–Crippen LogP) is 2.52. The van der Waals surface area contributed by atoms with Crippen molar-refractivity contribution >= 4 is 23.9 Å². The van der Waals surface area contributed by atoms with Gasteiger partial charge in [-0.25, -0.2) is 4.98 Å². The Balaban J connectivity index is 1.87. The summed E-state index contributed by atoms with van der Waals surface area (Å²) in [4.78, 5) is 4.17. The zero-order chi connectivity index (χ0) is 16.0. The molecule has 0 radical (unpaired) electrons. The quantitative estimate of drug-likeness (QED) is 0.884. The Bertz CT molecular complexity index is 641. The molecule has 6 heteroatoms. The van der Waals surface area contributed by atoms with E-state index in [-0.39, 0.29) is 11.2 Å². The van der Waals surface area contributed by atoms with Gasteiger partial charge in [0, 0.05) is 11.6 Å². The van der Waals surface area contributed by atoms with Crippen LogP contribution in [0.4, 0.5) is 0 Å². The van der Waals surface area contributed by atoms with E-state index in [0.717, 1.165) is 11.0 Å². The molecule has 1 aliphatic heterocycles. The standard InChI is InChI=1S/C16H20BNO3S/c1-15(2)16(3,4)21-17(20-15)12-7-5-6-11(10-12)13(19)14-18-8-9-22-14/h5-10,13,19H,1-4H3/t13-/m0/s1. The summed E-state index contributed by atoms with van der Waals surface area (Å²) in [5, 5.41) is 13.0. The number of hydrogen-bond acceptors (Lipinski definition) is 5. The van der Waals surface area contributed by atoms with E-state index in [1.807, 2.05) is 57.3 Å². The molecule has 1 aromatic heterocycles. The lowest BCUT2D eigenvalue weighted by Crippen LogP contribution is -2.41. The first-order valence-electron chi connectivity index (χ1n) is 7.33. The third-order valence-corrected chi connectivity index (χ3v) is 5.27. The summed E-state index contributed by atoms with van der Waals surface area (Å²) >= 11 is 1.44. The van der Waals surface area contributed by atoms with Crippen molar-refractivity contribution < 1.29 is 14.4 Å². The molecule has 0 unspecified atom stereocenters. The Hall–Kier alpha value is -1.21. The van der Waals surface area contributed by atoms with Gasteiger partial charge in [-0.1, -0.05) is 24.3 Å². The third kappa shape index (κ3) is 2.72. The fraction of sp³-hybridized carbons (Fsp3) is 0.438. The van der Waals surface area contributed by atoms with Gasteiger partial charge in [-0.3, -0.25) is 0 Å². The second-order valence-corrected chi connectivity index (χ2v) is 7.46. The Morgan fingerprint density at radius 1 is 1.18 bits per heavy atom. The molecule has 0 aliphatic carbocycles. The van der Waals surface area contributed by atoms with Crippen LogP contribution in [0.3, 0.4) is 0 Å². The van der Waals surface area contributed by atoms with Gasteiger partial charge >= 0.3 is 7.12 Å². The largest absolute Gasteiger partial charge is 0.494 e. The topological polar surface area (TPSA) is 51.6 Å². The number of thiazole rings is 1. The first kappa shape index (κ1) is 15.7. The number of benzene rings is 1. The van der Waals surface area contributed by atoms with Crippen molar-refractivity contribution in [1.29, 1.82) is 0 Å². The SMILES string of the molecule is CC1(C)OB(c2cccc([C@H](O)c3nccs3)c2)OC1(C)C. The van der Waals surface area contributed by atoms with Crippen LogP contribution in [0.5, 0.6) is 0 Å². The van der Waals surface area contributed by atoms with E-state index < -0.39 is 13.2 Å². The monoisotopic (exact) mass is 317 g/mol. The smallest absolute Gasteiger partial charge is 0.399 e. The molecule has 0 saturated carbocycles. The first-order chi connectivity index (χ1) is 10.3. The summed E-state index contributed by atoms with van der Waals surface area (Å²) in [6, 6.07) is 7.68. The first-order valence-corrected chi connectivity index (χ1v) is 8.21. The van der Waals surface area contributed by atoms with Crippen LogP contribution in [0.15, 0.2) is 35.8 Å². The summed E-state index contributed by atoms with van der Waals surface area (Å²) in [7, 11) is -0.423. The fourth-order valence-corrected chi connectivity index (χ4v) is 3.01. The molecular weight excluding hydrogens is 297 g/mol. The zero-order valence-electron chi connectivity index (χ0n) is 13.2. The molecule has 3 rings (SSSR count). The molecule has 2 heterocycles. The normalized spacial score (nSPS) is 21.0. The Labute approximate surface area is 135 Å². The van der Waals surface area contributed by atoms with E-state index >= 15 is 0 Å². The molecular formula is C16H20BNO3S. The van der Waals surface area contributed by atoms with E-state index in [2.05, 4.69) is 4.98 Å². The molecule has 1 N–H and O–H groups in total. The molecule has 1 atom stereocenters. The van der Waals surface area contributed by atoms with E-state index in [1.165, 1.54) is 11.3 Å². The number of aliphatic hydroxyl groups excluding tert-OH is 1. The minimum Gasteiger partial charge on any atom is -0.399 e. The lowest BCUT2D eigenvalue weighted by atomic mass is 9.78. The number of nitrogens with zero attached hydrogens (tertiary/aromatic N) is 1. The molecule has 22 heavy (non-hydrogen) atoms. The van der Waals surface area contributed by atoms with Crippen molar-refractivity contribution in [3.63, 3.8) is 0 Å². The molecule has 1 saturated heterocycles. The van der Waals surface area contributed by atoms with Gasteiger partial charge in [-0.2, -0.15) is 0 Å². The lowest BCUT2D eigenvalue weighted by Gasteiger charge is -2.32.